The fraction of sp³-hybridized carbons (Fsp3) is 0.471. The summed E-state index contributed by atoms with van der Waals surface area (Å²) >= 11 is 0. The Kier molecular flexibility index (Phi) is 6.45. The smallest absolute Gasteiger partial charge is 0.319 e. The number of aromatic hydroxyl groups is 1. The largest absolute Gasteiger partial charge is 0.508 e. The molecule has 0 saturated carbocycles. The van der Waals surface area contributed by atoms with E-state index in [1.54, 1.807) is 18.2 Å². The second-order valence-corrected chi connectivity index (χ2v) is 12.9. The normalized spacial score (nSPS) is 27.0. The maximum Gasteiger partial charge on any atom is 0.319 e. The van der Waals surface area contributed by atoms with Crippen LogP contribution in [0.3, 0.4) is 0 Å². The first-order chi connectivity index (χ1) is 20.9. The Morgan fingerprint density at radius 1 is 1.12 bits per heavy atom. The first-order valence-corrected chi connectivity index (χ1v) is 15.7. The van der Waals surface area contributed by atoms with Gasteiger partial charge in [-0.1, -0.05) is 31.2 Å². The van der Waals surface area contributed by atoms with Crippen LogP contribution in [0.15, 0.2) is 42.5 Å². The quantitative estimate of drug-likeness (QED) is 0.298. The summed E-state index contributed by atoms with van der Waals surface area (Å²) in [4.78, 5) is 14.1. The van der Waals surface area contributed by atoms with Crippen LogP contribution in [-0.2, 0) is 6.42 Å². The molecule has 5 aliphatic rings. The molecule has 3 aromatic carbocycles. The van der Waals surface area contributed by atoms with Crippen LogP contribution in [0, 0.1) is 5.82 Å². The molecule has 5 aliphatic heterocycles. The molecule has 1 aromatic heterocycles. The van der Waals surface area contributed by atoms with E-state index in [1.165, 1.54) is 0 Å². The molecule has 4 aromatic rings. The van der Waals surface area contributed by atoms with Crippen molar-refractivity contribution in [1.29, 1.82) is 0 Å². The monoisotopic (exact) mass is 585 g/mol. The predicted molar refractivity (Wildman–Crippen MR) is 164 cm³/mol. The zero-order valence-corrected chi connectivity index (χ0v) is 24.5. The van der Waals surface area contributed by atoms with Crippen LogP contribution in [0.2, 0.25) is 0 Å². The van der Waals surface area contributed by atoms with Crippen LogP contribution in [0.5, 0.6) is 11.8 Å². The van der Waals surface area contributed by atoms with Crippen LogP contribution in [0.1, 0.15) is 44.6 Å². The molecule has 5 fully saturated rings. The third kappa shape index (κ3) is 4.42. The highest BCUT2D eigenvalue weighted by atomic mass is 19.1. The SMILES string of the molecule is CCc1cccc2cc(O)cc(-c3ccc4c(N5C[C@@H]6CC[C@H]5CN6)nc(OC[C@@]56CCCN5C[C@H](F)C6)nc4c3F)c12. The van der Waals surface area contributed by atoms with E-state index in [4.69, 9.17) is 9.72 Å². The van der Waals surface area contributed by atoms with Gasteiger partial charge in [-0.3, -0.25) is 4.90 Å². The number of fused-ring (bicyclic) bond motifs is 6. The van der Waals surface area contributed by atoms with Crippen molar-refractivity contribution in [1.82, 2.24) is 20.2 Å². The van der Waals surface area contributed by atoms with Crippen LogP contribution < -0.4 is 15.0 Å². The molecule has 4 atom stereocenters. The molecule has 5 saturated heterocycles. The van der Waals surface area contributed by atoms with Crippen molar-refractivity contribution in [2.45, 2.75) is 69.2 Å². The number of phenols is 1. The first-order valence-electron chi connectivity index (χ1n) is 15.7. The summed E-state index contributed by atoms with van der Waals surface area (Å²) in [5, 5.41) is 16.6. The Morgan fingerprint density at radius 3 is 2.81 bits per heavy atom. The molecule has 9 rings (SSSR count). The van der Waals surface area contributed by atoms with Crippen molar-refractivity contribution in [2.75, 3.05) is 37.7 Å². The summed E-state index contributed by atoms with van der Waals surface area (Å²) in [5.74, 6) is 0.310. The highest BCUT2D eigenvalue weighted by Gasteiger charge is 2.49. The van der Waals surface area contributed by atoms with Crippen LogP contribution in [0.25, 0.3) is 32.8 Å². The van der Waals surface area contributed by atoms with E-state index in [-0.39, 0.29) is 35.5 Å². The maximum atomic E-state index is 16.9. The number of rotatable bonds is 6. The Balaban J connectivity index is 1.27. The van der Waals surface area contributed by atoms with Gasteiger partial charge in [0.05, 0.1) is 5.54 Å². The lowest BCUT2D eigenvalue weighted by molar-refractivity contribution is 0.107. The molecule has 43 heavy (non-hydrogen) atoms. The lowest BCUT2D eigenvalue weighted by Gasteiger charge is -2.46. The highest BCUT2D eigenvalue weighted by Crippen LogP contribution is 2.42. The van der Waals surface area contributed by atoms with Crippen molar-refractivity contribution < 1.29 is 18.6 Å². The minimum absolute atomic E-state index is 0.0857. The molecule has 224 valence electrons. The number of alkyl halides is 1. The van der Waals surface area contributed by atoms with E-state index in [9.17, 15) is 9.50 Å². The Labute approximate surface area is 249 Å². The number of halogens is 2. The summed E-state index contributed by atoms with van der Waals surface area (Å²) in [6.07, 6.45) is 4.40. The minimum Gasteiger partial charge on any atom is -0.508 e. The number of aromatic nitrogens is 2. The molecule has 0 amide bonds. The average molecular weight is 586 g/mol. The highest BCUT2D eigenvalue weighted by molar-refractivity contribution is 6.03. The van der Waals surface area contributed by atoms with E-state index in [0.29, 0.717) is 41.3 Å². The Morgan fingerprint density at radius 2 is 2.02 bits per heavy atom. The lowest BCUT2D eigenvalue weighted by atomic mass is 9.91. The Hall–Kier alpha value is -3.56. The van der Waals surface area contributed by atoms with Gasteiger partial charge in [0.2, 0.25) is 0 Å². The number of hydrogen-bond donors (Lipinski definition) is 2. The number of benzene rings is 3. The number of piperidine rings is 2. The zero-order valence-electron chi connectivity index (χ0n) is 24.5. The molecule has 6 heterocycles. The van der Waals surface area contributed by atoms with Crippen molar-refractivity contribution in [3.63, 3.8) is 0 Å². The number of aryl methyl sites for hydroxylation is 1. The van der Waals surface area contributed by atoms with Gasteiger partial charge < -0.3 is 20.1 Å². The van der Waals surface area contributed by atoms with Crippen molar-refractivity contribution in [3.05, 3.63) is 53.8 Å². The number of nitrogens with zero attached hydrogens (tertiary/aromatic N) is 4. The number of hydrogen-bond acceptors (Lipinski definition) is 7. The molecule has 7 nitrogen and oxygen atoms in total. The van der Waals surface area contributed by atoms with Gasteiger partial charge in [-0.15, -0.1) is 0 Å². The van der Waals surface area contributed by atoms with E-state index < -0.39 is 12.0 Å². The number of piperazine rings is 1. The Bertz CT molecular complexity index is 1720. The standard InChI is InChI=1S/C34H37F2N5O2/c1-2-20-5-3-6-21-13-25(42)14-28(29(20)21)26-9-10-27-31(30(26)36)38-33(39-32(27)41-18-23-7-8-24(41)16-37-23)43-19-34-11-4-12-40(34)17-22(35)15-34/h3,5-6,9-10,13-14,22-24,37,42H,2,4,7-8,11-12,15-19H2,1H3/t22-,23+,24+,34+/m1/s1. The summed E-state index contributed by atoms with van der Waals surface area (Å²) in [7, 11) is 0. The van der Waals surface area contributed by atoms with Gasteiger partial charge in [-0.2, -0.15) is 9.97 Å². The summed E-state index contributed by atoms with van der Waals surface area (Å²) in [6, 6.07) is 13.8. The van der Waals surface area contributed by atoms with Crippen LogP contribution in [-0.4, -0.2) is 76.6 Å². The van der Waals surface area contributed by atoms with E-state index in [0.717, 1.165) is 68.1 Å². The maximum absolute atomic E-state index is 16.9. The number of phenolic OH excluding ortho intramolecular Hbond substituents is 1. The second kappa shape index (κ2) is 10.3. The average Bonchev–Trinajstić information content (AvgIpc) is 3.55. The fourth-order valence-corrected chi connectivity index (χ4v) is 8.23. The third-order valence-electron chi connectivity index (χ3n) is 10.3. The molecule has 0 aliphatic carbocycles. The molecule has 2 bridgehead atoms. The van der Waals surface area contributed by atoms with Crippen LogP contribution >= 0.6 is 0 Å². The molecule has 0 unspecified atom stereocenters. The van der Waals surface area contributed by atoms with Crippen molar-refractivity contribution in [2.24, 2.45) is 0 Å². The predicted octanol–water partition coefficient (Wildman–Crippen LogP) is 5.75. The summed E-state index contributed by atoms with van der Waals surface area (Å²) in [6.45, 7) is 5.31. The molecular formula is C34H37F2N5O2. The first kappa shape index (κ1) is 27.0. The van der Waals surface area contributed by atoms with E-state index in [2.05, 4.69) is 27.0 Å². The molecule has 9 heteroatoms. The fourth-order valence-electron chi connectivity index (χ4n) is 8.23. The number of anilines is 1. The van der Waals surface area contributed by atoms with Gasteiger partial charge in [0.1, 0.15) is 29.9 Å². The van der Waals surface area contributed by atoms with Gasteiger partial charge in [0.25, 0.3) is 0 Å². The van der Waals surface area contributed by atoms with Gasteiger partial charge in [-0.05, 0) is 78.7 Å². The number of ether oxygens (including phenoxy) is 1. The molecule has 0 radical (unpaired) electrons. The second-order valence-electron chi connectivity index (χ2n) is 12.9. The van der Waals surface area contributed by atoms with Gasteiger partial charge >= 0.3 is 6.01 Å². The number of nitrogens with one attached hydrogen (secondary N) is 1. The molecule has 2 N–H and O–H groups in total. The molecular weight excluding hydrogens is 548 g/mol. The summed E-state index contributed by atoms with van der Waals surface area (Å²) < 4.78 is 37.6. The minimum atomic E-state index is -0.862. The van der Waals surface area contributed by atoms with Crippen molar-refractivity contribution in [3.8, 4) is 22.9 Å². The van der Waals surface area contributed by atoms with E-state index in [1.807, 2.05) is 24.3 Å². The molecule has 0 spiro atoms. The van der Waals surface area contributed by atoms with Gasteiger partial charge in [0, 0.05) is 49.1 Å². The topological polar surface area (TPSA) is 73.8 Å². The lowest BCUT2D eigenvalue weighted by Crippen LogP contribution is -2.61. The zero-order chi connectivity index (χ0) is 29.3. The van der Waals surface area contributed by atoms with E-state index >= 15 is 4.39 Å². The van der Waals surface area contributed by atoms with Crippen LogP contribution in [0.4, 0.5) is 14.6 Å². The van der Waals surface area contributed by atoms with Gasteiger partial charge in [-0.25, -0.2) is 8.78 Å². The van der Waals surface area contributed by atoms with Gasteiger partial charge in [0.15, 0.2) is 5.82 Å². The summed E-state index contributed by atoms with van der Waals surface area (Å²) in [5.41, 5.74) is 1.94. The van der Waals surface area contributed by atoms with Crippen molar-refractivity contribution >= 4 is 27.5 Å². The third-order valence-corrected chi connectivity index (χ3v) is 10.3.